The summed E-state index contributed by atoms with van der Waals surface area (Å²) in [6, 6.07) is 7.54. The Labute approximate surface area is 133 Å². The first-order valence-corrected chi connectivity index (χ1v) is 9.44. The van der Waals surface area contributed by atoms with Gasteiger partial charge in [0.1, 0.15) is 0 Å². The second-order valence-corrected chi connectivity index (χ2v) is 8.02. The van der Waals surface area contributed by atoms with Gasteiger partial charge >= 0.3 is 0 Å². The second kappa shape index (κ2) is 8.90. The molecule has 1 aromatic rings. The number of amides is 1. The first kappa shape index (κ1) is 18.6. The molecule has 0 fully saturated rings. The van der Waals surface area contributed by atoms with E-state index in [2.05, 4.69) is 10.6 Å². The minimum atomic E-state index is -3.16. The molecule has 1 amide bonds. The minimum absolute atomic E-state index is 0.00745. The molecular formula is C16H26N2O3S. The Morgan fingerprint density at radius 3 is 2.64 bits per heavy atom. The fourth-order valence-electron chi connectivity index (χ4n) is 2.09. The fraction of sp³-hybridized carbons (Fsp3) is 0.562. The van der Waals surface area contributed by atoms with E-state index in [1.807, 2.05) is 39.0 Å². The zero-order valence-corrected chi connectivity index (χ0v) is 14.4. The van der Waals surface area contributed by atoms with Crippen LogP contribution in [0.25, 0.3) is 0 Å². The SMILES string of the molecule is CCNCc1cccc(NC(=O)CCS(=O)(=O)CC(C)C)c1. The first-order chi connectivity index (χ1) is 10.3. The van der Waals surface area contributed by atoms with E-state index in [0.717, 1.165) is 18.7 Å². The van der Waals surface area contributed by atoms with E-state index in [4.69, 9.17) is 0 Å². The minimum Gasteiger partial charge on any atom is -0.326 e. The van der Waals surface area contributed by atoms with Gasteiger partial charge in [-0.05, 0) is 30.2 Å². The van der Waals surface area contributed by atoms with Crippen LogP contribution in [0.4, 0.5) is 5.69 Å². The Hall–Kier alpha value is -1.40. The van der Waals surface area contributed by atoms with Gasteiger partial charge in [0.05, 0.1) is 11.5 Å². The number of carbonyl (C=O) groups is 1. The molecule has 1 rings (SSSR count). The molecular weight excluding hydrogens is 300 g/mol. The molecule has 2 N–H and O–H groups in total. The maximum absolute atomic E-state index is 11.9. The van der Waals surface area contributed by atoms with Crippen LogP contribution in [0.15, 0.2) is 24.3 Å². The summed E-state index contributed by atoms with van der Waals surface area (Å²) in [5, 5.41) is 5.97. The summed E-state index contributed by atoms with van der Waals surface area (Å²) in [6.07, 6.45) is -0.00745. The van der Waals surface area contributed by atoms with Crippen LogP contribution < -0.4 is 10.6 Å². The largest absolute Gasteiger partial charge is 0.326 e. The number of hydrogen-bond donors (Lipinski definition) is 2. The van der Waals surface area contributed by atoms with Crippen LogP contribution in [0.3, 0.4) is 0 Å². The Bertz CT molecular complexity index is 583. The van der Waals surface area contributed by atoms with Crippen molar-refractivity contribution < 1.29 is 13.2 Å². The van der Waals surface area contributed by atoms with Gasteiger partial charge in [0.25, 0.3) is 0 Å². The summed E-state index contributed by atoms with van der Waals surface area (Å²) in [5.74, 6) is -0.171. The van der Waals surface area contributed by atoms with Gasteiger partial charge in [0.15, 0.2) is 9.84 Å². The molecule has 0 heterocycles. The number of sulfone groups is 1. The molecule has 0 aliphatic rings. The lowest BCUT2D eigenvalue weighted by atomic mass is 10.2. The third-order valence-corrected chi connectivity index (χ3v) is 5.02. The first-order valence-electron chi connectivity index (χ1n) is 7.62. The quantitative estimate of drug-likeness (QED) is 0.729. The van der Waals surface area contributed by atoms with Crippen molar-refractivity contribution in [3.8, 4) is 0 Å². The molecule has 124 valence electrons. The molecule has 0 radical (unpaired) electrons. The van der Waals surface area contributed by atoms with E-state index in [-0.39, 0.29) is 29.8 Å². The monoisotopic (exact) mass is 326 g/mol. The van der Waals surface area contributed by atoms with Crippen molar-refractivity contribution in [2.75, 3.05) is 23.4 Å². The average Bonchev–Trinajstić information content (AvgIpc) is 2.42. The maximum Gasteiger partial charge on any atom is 0.225 e. The lowest BCUT2D eigenvalue weighted by Crippen LogP contribution is -2.21. The van der Waals surface area contributed by atoms with Crippen LogP contribution in [0.5, 0.6) is 0 Å². The highest BCUT2D eigenvalue weighted by Crippen LogP contribution is 2.11. The molecule has 0 bridgehead atoms. The fourth-order valence-corrected chi connectivity index (χ4v) is 3.77. The standard InChI is InChI=1S/C16H26N2O3S/c1-4-17-11-14-6-5-7-15(10-14)18-16(19)8-9-22(20,21)12-13(2)3/h5-7,10,13,17H,4,8-9,11-12H2,1-3H3,(H,18,19). The topological polar surface area (TPSA) is 75.3 Å². The number of hydrogen-bond acceptors (Lipinski definition) is 4. The molecule has 0 aromatic heterocycles. The highest BCUT2D eigenvalue weighted by Gasteiger charge is 2.15. The van der Waals surface area contributed by atoms with Crippen molar-refractivity contribution in [1.82, 2.24) is 5.32 Å². The Kier molecular flexibility index (Phi) is 7.55. The van der Waals surface area contributed by atoms with E-state index in [1.54, 1.807) is 6.07 Å². The number of rotatable bonds is 9. The van der Waals surface area contributed by atoms with Crippen LogP contribution in [-0.2, 0) is 21.2 Å². The maximum atomic E-state index is 11.9. The van der Waals surface area contributed by atoms with Gasteiger partial charge in [0, 0.05) is 18.7 Å². The lowest BCUT2D eigenvalue weighted by Gasteiger charge is -2.09. The van der Waals surface area contributed by atoms with Crippen LogP contribution in [0.2, 0.25) is 0 Å². The van der Waals surface area contributed by atoms with Crippen molar-refractivity contribution in [2.45, 2.75) is 33.7 Å². The molecule has 0 aliphatic carbocycles. The summed E-state index contributed by atoms with van der Waals surface area (Å²) >= 11 is 0. The third-order valence-electron chi connectivity index (χ3n) is 3.02. The predicted octanol–water partition coefficient (Wildman–Crippen LogP) is 2.20. The molecule has 6 heteroatoms. The predicted molar refractivity (Wildman–Crippen MR) is 90.6 cm³/mol. The zero-order valence-electron chi connectivity index (χ0n) is 13.6. The summed E-state index contributed by atoms with van der Waals surface area (Å²) in [7, 11) is -3.16. The lowest BCUT2D eigenvalue weighted by molar-refractivity contribution is -0.115. The molecule has 1 aromatic carbocycles. The molecule has 0 atom stereocenters. The third kappa shape index (κ3) is 7.56. The van der Waals surface area contributed by atoms with Gasteiger partial charge in [0.2, 0.25) is 5.91 Å². The van der Waals surface area contributed by atoms with E-state index in [1.165, 1.54) is 0 Å². The van der Waals surface area contributed by atoms with Gasteiger partial charge < -0.3 is 10.6 Å². The van der Waals surface area contributed by atoms with E-state index in [9.17, 15) is 13.2 Å². The second-order valence-electron chi connectivity index (χ2n) is 5.79. The highest BCUT2D eigenvalue weighted by molar-refractivity contribution is 7.91. The Morgan fingerprint density at radius 1 is 1.27 bits per heavy atom. The number of anilines is 1. The van der Waals surface area contributed by atoms with Gasteiger partial charge in [-0.2, -0.15) is 0 Å². The molecule has 0 saturated carbocycles. The van der Waals surface area contributed by atoms with Crippen molar-refractivity contribution in [2.24, 2.45) is 5.92 Å². The van der Waals surface area contributed by atoms with Crippen molar-refractivity contribution in [3.63, 3.8) is 0 Å². The van der Waals surface area contributed by atoms with Gasteiger partial charge in [-0.25, -0.2) is 8.42 Å². The van der Waals surface area contributed by atoms with Crippen LogP contribution in [0.1, 0.15) is 32.8 Å². The van der Waals surface area contributed by atoms with Crippen LogP contribution in [-0.4, -0.2) is 32.4 Å². The van der Waals surface area contributed by atoms with Gasteiger partial charge in [-0.1, -0.05) is 32.9 Å². The Morgan fingerprint density at radius 2 is 2.00 bits per heavy atom. The zero-order chi connectivity index (χ0) is 16.6. The highest BCUT2D eigenvalue weighted by atomic mass is 32.2. The van der Waals surface area contributed by atoms with E-state index >= 15 is 0 Å². The Balaban J connectivity index is 2.51. The molecule has 0 saturated heterocycles. The molecule has 22 heavy (non-hydrogen) atoms. The van der Waals surface area contributed by atoms with Crippen LogP contribution in [0, 0.1) is 5.92 Å². The van der Waals surface area contributed by atoms with Crippen molar-refractivity contribution in [3.05, 3.63) is 29.8 Å². The van der Waals surface area contributed by atoms with E-state index < -0.39 is 9.84 Å². The summed E-state index contributed by atoms with van der Waals surface area (Å²) in [4.78, 5) is 11.9. The molecule has 5 nitrogen and oxygen atoms in total. The van der Waals surface area contributed by atoms with Gasteiger partial charge in [-0.15, -0.1) is 0 Å². The number of nitrogens with one attached hydrogen (secondary N) is 2. The molecule has 0 aliphatic heterocycles. The van der Waals surface area contributed by atoms with Crippen molar-refractivity contribution in [1.29, 1.82) is 0 Å². The van der Waals surface area contributed by atoms with Crippen LogP contribution >= 0.6 is 0 Å². The smallest absolute Gasteiger partial charge is 0.225 e. The average molecular weight is 326 g/mol. The van der Waals surface area contributed by atoms with E-state index in [0.29, 0.717) is 5.69 Å². The van der Waals surface area contributed by atoms with Gasteiger partial charge in [-0.3, -0.25) is 4.79 Å². The van der Waals surface area contributed by atoms with Crippen molar-refractivity contribution >= 4 is 21.4 Å². The number of carbonyl (C=O) groups excluding carboxylic acids is 1. The normalized spacial score (nSPS) is 11.6. The summed E-state index contributed by atoms with van der Waals surface area (Å²) in [5.41, 5.74) is 1.77. The molecule has 0 unspecified atom stereocenters. The summed E-state index contributed by atoms with van der Waals surface area (Å²) < 4.78 is 23.6. The summed E-state index contributed by atoms with van der Waals surface area (Å²) in [6.45, 7) is 7.36. The molecule has 0 spiro atoms. The number of benzene rings is 1.